The lowest BCUT2D eigenvalue weighted by molar-refractivity contribution is -0.124. The molecule has 0 radical (unpaired) electrons. The lowest BCUT2D eigenvalue weighted by atomic mass is 10.1. The smallest absolute Gasteiger partial charge is 0.258 e. The van der Waals surface area contributed by atoms with Crippen molar-refractivity contribution in [1.82, 2.24) is 10.6 Å². The lowest BCUT2D eigenvalue weighted by Gasteiger charge is -2.11. The Bertz CT molecular complexity index is 861. The molecule has 2 rings (SSSR count). The maximum Gasteiger partial charge on any atom is 0.258 e. The third kappa shape index (κ3) is 7.36. The summed E-state index contributed by atoms with van der Waals surface area (Å²) in [5.74, 6) is 1.03. The van der Waals surface area contributed by atoms with Crippen LogP contribution in [0.4, 0.5) is 0 Å². The first-order valence-corrected chi connectivity index (χ1v) is 9.50. The van der Waals surface area contributed by atoms with Crippen molar-refractivity contribution in [3.63, 3.8) is 0 Å². The van der Waals surface area contributed by atoms with Crippen LogP contribution in [-0.2, 0) is 16.0 Å². The van der Waals surface area contributed by atoms with Gasteiger partial charge in [-0.1, -0.05) is 29.3 Å². The molecular formula is C20H22Cl2N2O5. The molecule has 2 aromatic rings. The summed E-state index contributed by atoms with van der Waals surface area (Å²) in [7, 11) is 3.09. The second kappa shape index (κ2) is 11.4. The molecule has 2 N–H and O–H groups in total. The number of methoxy groups -OCH3 is 2. The zero-order chi connectivity index (χ0) is 21.2. The van der Waals surface area contributed by atoms with Crippen molar-refractivity contribution in [2.24, 2.45) is 0 Å². The van der Waals surface area contributed by atoms with E-state index >= 15 is 0 Å². The highest BCUT2D eigenvalue weighted by Gasteiger charge is 2.09. The van der Waals surface area contributed by atoms with Gasteiger partial charge in [-0.25, -0.2) is 0 Å². The van der Waals surface area contributed by atoms with Crippen molar-refractivity contribution in [3.05, 3.63) is 52.0 Å². The van der Waals surface area contributed by atoms with E-state index in [1.54, 1.807) is 37.4 Å². The summed E-state index contributed by atoms with van der Waals surface area (Å²) in [4.78, 5) is 23.9. The Morgan fingerprint density at radius 3 is 2.17 bits per heavy atom. The van der Waals surface area contributed by atoms with Gasteiger partial charge < -0.3 is 24.8 Å². The number of nitrogens with one attached hydrogen (secondary N) is 2. The van der Waals surface area contributed by atoms with Crippen LogP contribution >= 0.6 is 23.2 Å². The van der Waals surface area contributed by atoms with Crippen LogP contribution in [0.5, 0.6) is 17.2 Å². The molecule has 0 heterocycles. The number of carbonyl (C=O) groups excluding carboxylic acids is 2. The molecule has 0 saturated carbocycles. The van der Waals surface area contributed by atoms with Crippen LogP contribution in [0.2, 0.25) is 10.0 Å². The largest absolute Gasteiger partial charge is 0.493 e. The van der Waals surface area contributed by atoms with Crippen molar-refractivity contribution in [2.75, 3.05) is 33.9 Å². The Kier molecular flexibility index (Phi) is 8.89. The van der Waals surface area contributed by atoms with Gasteiger partial charge in [0, 0.05) is 18.1 Å². The molecule has 0 aliphatic heterocycles. The fourth-order valence-corrected chi connectivity index (χ4v) is 2.89. The molecule has 0 atom stereocenters. The van der Waals surface area contributed by atoms with Crippen LogP contribution in [0.25, 0.3) is 0 Å². The lowest BCUT2D eigenvalue weighted by Crippen LogP contribution is -2.37. The van der Waals surface area contributed by atoms with Gasteiger partial charge in [-0.05, 0) is 35.9 Å². The van der Waals surface area contributed by atoms with Gasteiger partial charge in [0.2, 0.25) is 5.91 Å². The standard InChI is InChI=1S/C20H22Cl2N2O5/c1-27-17-5-3-13(9-18(17)28-2)10-19(25)23-7-8-24-20(26)12-29-16-6-4-14(21)11-15(16)22/h3-6,9,11H,7-8,10,12H2,1-2H3,(H,23,25)(H,24,26). The normalized spacial score (nSPS) is 10.2. The third-order valence-corrected chi connectivity index (χ3v) is 4.37. The molecule has 0 aliphatic carbocycles. The highest BCUT2D eigenvalue weighted by molar-refractivity contribution is 6.35. The molecule has 0 unspecified atom stereocenters. The van der Waals surface area contributed by atoms with Crippen LogP contribution in [0.3, 0.4) is 0 Å². The molecule has 0 aromatic heterocycles. The molecule has 0 bridgehead atoms. The molecular weight excluding hydrogens is 419 g/mol. The summed E-state index contributed by atoms with van der Waals surface area (Å²) in [5, 5.41) is 6.20. The van der Waals surface area contributed by atoms with Gasteiger partial charge in [-0.2, -0.15) is 0 Å². The van der Waals surface area contributed by atoms with Crippen molar-refractivity contribution in [1.29, 1.82) is 0 Å². The summed E-state index contributed by atoms with van der Waals surface area (Å²) in [6.07, 6.45) is 0.187. The fraction of sp³-hybridized carbons (Fsp3) is 0.300. The first-order valence-electron chi connectivity index (χ1n) is 8.75. The fourth-order valence-electron chi connectivity index (χ4n) is 2.43. The Morgan fingerprint density at radius 2 is 1.52 bits per heavy atom. The van der Waals surface area contributed by atoms with Crippen LogP contribution in [0.1, 0.15) is 5.56 Å². The monoisotopic (exact) mass is 440 g/mol. The predicted octanol–water partition coefficient (Wildman–Crippen LogP) is 2.86. The molecule has 156 valence electrons. The summed E-state index contributed by atoms with van der Waals surface area (Å²) >= 11 is 11.8. The first-order chi connectivity index (χ1) is 13.9. The van der Waals surface area contributed by atoms with Crippen LogP contribution in [-0.4, -0.2) is 45.7 Å². The highest BCUT2D eigenvalue weighted by atomic mass is 35.5. The van der Waals surface area contributed by atoms with E-state index in [-0.39, 0.29) is 31.4 Å². The molecule has 29 heavy (non-hydrogen) atoms. The first kappa shape index (κ1) is 22.6. The number of amides is 2. The van der Waals surface area contributed by atoms with E-state index in [2.05, 4.69) is 10.6 Å². The van der Waals surface area contributed by atoms with Gasteiger partial charge in [0.05, 0.1) is 25.7 Å². The van der Waals surface area contributed by atoms with Crippen molar-refractivity contribution in [3.8, 4) is 17.2 Å². The molecule has 9 heteroatoms. The number of carbonyl (C=O) groups is 2. The number of hydrogen-bond acceptors (Lipinski definition) is 5. The second-order valence-corrected chi connectivity index (χ2v) is 6.77. The quantitative estimate of drug-likeness (QED) is 0.554. The number of halogens is 2. The molecule has 7 nitrogen and oxygen atoms in total. The SMILES string of the molecule is COc1ccc(CC(=O)NCCNC(=O)COc2ccc(Cl)cc2Cl)cc1OC. The second-order valence-electron chi connectivity index (χ2n) is 5.93. The van der Waals surface area contributed by atoms with Gasteiger partial charge in [0.25, 0.3) is 5.91 Å². The van der Waals surface area contributed by atoms with E-state index in [4.69, 9.17) is 37.4 Å². The third-order valence-electron chi connectivity index (χ3n) is 3.83. The zero-order valence-corrected chi connectivity index (χ0v) is 17.6. The molecule has 2 aromatic carbocycles. The Labute approximate surface area is 179 Å². The molecule has 0 saturated heterocycles. The van der Waals surface area contributed by atoms with Gasteiger partial charge in [-0.3, -0.25) is 9.59 Å². The minimum atomic E-state index is -0.329. The van der Waals surface area contributed by atoms with Gasteiger partial charge >= 0.3 is 0 Å². The van der Waals surface area contributed by atoms with Crippen molar-refractivity contribution >= 4 is 35.0 Å². The predicted molar refractivity (Wildman–Crippen MR) is 111 cm³/mol. The van der Waals surface area contributed by atoms with Crippen molar-refractivity contribution < 1.29 is 23.8 Å². The average Bonchev–Trinajstić information content (AvgIpc) is 2.70. The van der Waals surface area contributed by atoms with Crippen LogP contribution in [0.15, 0.2) is 36.4 Å². The summed E-state index contributed by atoms with van der Waals surface area (Å²) in [6, 6.07) is 10.0. The Balaban J connectivity index is 1.67. The van der Waals surface area contributed by atoms with E-state index in [1.807, 2.05) is 0 Å². The summed E-state index contributed by atoms with van der Waals surface area (Å²) in [6.45, 7) is 0.370. The van der Waals surface area contributed by atoms with E-state index in [1.165, 1.54) is 13.2 Å². The van der Waals surface area contributed by atoms with Gasteiger partial charge in [0.1, 0.15) is 5.75 Å². The average molecular weight is 441 g/mol. The summed E-state index contributed by atoms with van der Waals surface area (Å²) < 4.78 is 15.7. The topological polar surface area (TPSA) is 85.9 Å². The minimum Gasteiger partial charge on any atom is -0.493 e. The maximum absolute atomic E-state index is 12.0. The van der Waals surface area contributed by atoms with Crippen LogP contribution in [0, 0.1) is 0 Å². The van der Waals surface area contributed by atoms with E-state index < -0.39 is 0 Å². The molecule has 0 fully saturated rings. The molecule has 0 aliphatic rings. The number of hydrogen-bond donors (Lipinski definition) is 2. The number of ether oxygens (including phenoxy) is 3. The van der Waals surface area contributed by atoms with E-state index in [0.717, 1.165) is 5.56 Å². The minimum absolute atomic E-state index is 0.171. The number of rotatable bonds is 10. The number of benzene rings is 2. The van der Waals surface area contributed by atoms with Crippen LogP contribution < -0.4 is 24.8 Å². The highest BCUT2D eigenvalue weighted by Crippen LogP contribution is 2.28. The maximum atomic E-state index is 12.0. The zero-order valence-electron chi connectivity index (χ0n) is 16.1. The van der Waals surface area contributed by atoms with Crippen molar-refractivity contribution in [2.45, 2.75) is 6.42 Å². The van der Waals surface area contributed by atoms with Gasteiger partial charge in [0.15, 0.2) is 18.1 Å². The van der Waals surface area contributed by atoms with Gasteiger partial charge in [-0.15, -0.1) is 0 Å². The Morgan fingerprint density at radius 1 is 0.862 bits per heavy atom. The van der Waals surface area contributed by atoms with E-state index in [0.29, 0.717) is 33.8 Å². The van der Waals surface area contributed by atoms with E-state index in [9.17, 15) is 9.59 Å². The summed E-state index contributed by atoms with van der Waals surface area (Å²) in [5.41, 5.74) is 0.789. The molecule has 0 spiro atoms. The Hall–Kier alpha value is -2.64. The molecule has 2 amide bonds.